The molecule has 2 aliphatic carbocycles. The second-order valence-corrected chi connectivity index (χ2v) is 14.5. The normalized spacial score (nSPS) is 26.0. The molecule has 4 heteroatoms. The lowest BCUT2D eigenvalue weighted by molar-refractivity contribution is -0.671. The van der Waals surface area contributed by atoms with E-state index in [1.807, 2.05) is 0 Å². The van der Waals surface area contributed by atoms with E-state index in [1.54, 1.807) is 0 Å². The van der Waals surface area contributed by atoms with E-state index in [4.69, 9.17) is 9.78 Å². The van der Waals surface area contributed by atoms with E-state index in [0.29, 0.717) is 0 Å². The van der Waals surface area contributed by atoms with Crippen LogP contribution in [0.25, 0.3) is 17.2 Å². The number of benzene rings is 1. The first kappa shape index (κ1) is 28.5. The largest absolute Gasteiger partial charge is 0.220 e. The maximum Gasteiger partial charge on any atom is 0.169 e. The molecule has 0 saturated heterocycles. The summed E-state index contributed by atoms with van der Waals surface area (Å²) in [5, 5.41) is 0. The summed E-state index contributed by atoms with van der Waals surface area (Å²) in [6.45, 7) is 17.9. The summed E-state index contributed by atoms with van der Waals surface area (Å²) < 4.78 is 4.16. The van der Waals surface area contributed by atoms with Crippen LogP contribution in [0.4, 0.5) is 0 Å². The summed E-state index contributed by atoms with van der Waals surface area (Å²) in [6, 6.07) is 13.6. The number of rotatable bonds is 2. The van der Waals surface area contributed by atoms with E-state index in [2.05, 4.69) is 164 Å². The van der Waals surface area contributed by atoms with Crippen LogP contribution < -0.4 is 9.13 Å². The zero-order valence-corrected chi connectivity index (χ0v) is 26.8. The minimum absolute atomic E-state index is 0.0171. The van der Waals surface area contributed by atoms with Gasteiger partial charge in [0.15, 0.2) is 30.4 Å². The van der Waals surface area contributed by atoms with Crippen LogP contribution in [0.2, 0.25) is 0 Å². The summed E-state index contributed by atoms with van der Waals surface area (Å²) >= 11 is 0. The van der Waals surface area contributed by atoms with Gasteiger partial charge < -0.3 is 0 Å². The third-order valence-electron chi connectivity index (χ3n) is 9.38. The summed E-state index contributed by atoms with van der Waals surface area (Å²) in [5.41, 5.74) is 10.2. The maximum absolute atomic E-state index is 6.51. The molecule has 7 rings (SSSR count). The lowest BCUT2D eigenvalue weighted by Gasteiger charge is -2.52. The molecule has 4 aliphatic rings. The first-order valence-corrected chi connectivity index (χ1v) is 15.0. The molecule has 3 aromatic rings. The Bertz CT molecular complexity index is 1710. The molecule has 6 bridgehead atoms. The van der Waals surface area contributed by atoms with Crippen LogP contribution in [0.5, 0.6) is 0 Å². The van der Waals surface area contributed by atoms with Gasteiger partial charge in [0.1, 0.15) is 19.7 Å². The van der Waals surface area contributed by atoms with Crippen LogP contribution in [0, 0.1) is 12.3 Å². The maximum atomic E-state index is 6.51. The molecular formula is C38H44N2O2+2. The summed E-state index contributed by atoms with van der Waals surface area (Å²) in [4.78, 5) is 12.8. The molecule has 2 aromatic heterocycles. The second-order valence-electron chi connectivity index (χ2n) is 14.5. The van der Waals surface area contributed by atoms with E-state index in [-0.39, 0.29) is 10.8 Å². The molecule has 0 radical (unpaired) electrons. The molecule has 0 saturated carbocycles. The molecule has 4 heterocycles. The van der Waals surface area contributed by atoms with Crippen LogP contribution in [0.1, 0.15) is 81.8 Å². The molecule has 2 aliphatic heterocycles. The van der Waals surface area contributed by atoms with E-state index < -0.39 is 11.2 Å². The number of hydrogen-bond donors (Lipinski definition) is 0. The van der Waals surface area contributed by atoms with Crippen molar-refractivity contribution in [3.63, 3.8) is 0 Å². The standard InChI is InChI=1S/C38H44N2O2/c1-25-28-19-29(35(2,3)4)21-31(25)32(26-11-15-39(9)16-12-26)22-30-23-38(36(5,6)7)24-34(37(30,8)41-42-38)33(20-28)27-13-17-40(10)18-14-27/h11-24H,1-10H3/q+2/b32-22-,33-20-. The van der Waals surface area contributed by atoms with E-state index in [9.17, 15) is 0 Å². The van der Waals surface area contributed by atoms with Crippen LogP contribution >= 0.6 is 0 Å². The van der Waals surface area contributed by atoms with Gasteiger partial charge in [0.25, 0.3) is 0 Å². The molecule has 1 aromatic carbocycles. The van der Waals surface area contributed by atoms with Gasteiger partial charge in [-0.1, -0.05) is 53.7 Å². The summed E-state index contributed by atoms with van der Waals surface area (Å²) in [5.74, 6) is 0. The molecule has 42 heavy (non-hydrogen) atoms. The van der Waals surface area contributed by atoms with Crippen molar-refractivity contribution in [3.8, 4) is 0 Å². The van der Waals surface area contributed by atoms with Gasteiger partial charge in [0, 0.05) is 29.7 Å². The topological polar surface area (TPSA) is 26.2 Å². The van der Waals surface area contributed by atoms with E-state index in [1.165, 1.54) is 33.4 Å². The quantitative estimate of drug-likeness (QED) is 0.243. The van der Waals surface area contributed by atoms with Crippen molar-refractivity contribution in [2.75, 3.05) is 0 Å². The summed E-state index contributed by atoms with van der Waals surface area (Å²) in [7, 11) is 4.12. The van der Waals surface area contributed by atoms with Gasteiger partial charge >= 0.3 is 0 Å². The molecule has 216 valence electrons. The minimum atomic E-state index is -0.793. The van der Waals surface area contributed by atoms with Gasteiger partial charge in [-0.25, -0.2) is 18.9 Å². The Balaban J connectivity index is 1.77. The highest BCUT2D eigenvalue weighted by molar-refractivity contribution is 5.97. The molecule has 0 N–H and O–H groups in total. The lowest BCUT2D eigenvalue weighted by atomic mass is 9.64. The molecule has 2 atom stereocenters. The van der Waals surface area contributed by atoms with Gasteiger partial charge in [0.05, 0.1) is 0 Å². The fourth-order valence-corrected chi connectivity index (χ4v) is 6.19. The first-order valence-electron chi connectivity index (χ1n) is 15.0. The smallest absolute Gasteiger partial charge is 0.169 e. The fraction of sp³-hybridized carbons (Fsp3) is 0.368. The third-order valence-corrected chi connectivity index (χ3v) is 9.38. The Kier molecular flexibility index (Phi) is 6.42. The van der Waals surface area contributed by atoms with E-state index in [0.717, 1.165) is 22.3 Å². The predicted molar refractivity (Wildman–Crippen MR) is 169 cm³/mol. The molecule has 4 nitrogen and oxygen atoms in total. The summed E-state index contributed by atoms with van der Waals surface area (Å²) in [6.07, 6.45) is 17.8. The number of aryl methyl sites for hydroxylation is 2. The molecule has 2 unspecified atom stereocenters. The monoisotopic (exact) mass is 560 g/mol. The Morgan fingerprint density at radius 1 is 0.714 bits per heavy atom. The van der Waals surface area contributed by atoms with Gasteiger partial charge in [-0.05, 0) is 99.2 Å². The van der Waals surface area contributed by atoms with Gasteiger partial charge in [-0.2, -0.15) is 0 Å². The van der Waals surface area contributed by atoms with Gasteiger partial charge in [-0.15, -0.1) is 0 Å². The number of hydrogen-bond acceptors (Lipinski definition) is 2. The highest BCUT2D eigenvalue weighted by Gasteiger charge is 2.56. The minimum Gasteiger partial charge on any atom is -0.220 e. The van der Waals surface area contributed by atoms with Crippen molar-refractivity contribution >= 4 is 17.2 Å². The zero-order chi connectivity index (χ0) is 30.2. The van der Waals surface area contributed by atoms with Crippen molar-refractivity contribution in [3.05, 3.63) is 124 Å². The Labute approximate surface area is 251 Å². The number of pyridine rings is 2. The van der Waals surface area contributed by atoms with E-state index >= 15 is 0 Å². The SMILES string of the molecule is Cc1c2cc(C(C)(C)C)cc1/C(c1cc[n+](C)cc1)=C\C1=CC3(C(C)(C)C)C=C(/C(c4cc[n+](C)cc4)=C\2)C1(C)OO3. The van der Waals surface area contributed by atoms with Crippen LogP contribution in [-0.4, -0.2) is 11.2 Å². The highest BCUT2D eigenvalue weighted by atomic mass is 17.2. The Morgan fingerprint density at radius 2 is 1.29 bits per heavy atom. The van der Waals surface area contributed by atoms with Gasteiger partial charge in [0.2, 0.25) is 0 Å². The van der Waals surface area contributed by atoms with Crippen LogP contribution in [0.15, 0.2) is 90.6 Å². The predicted octanol–water partition coefficient (Wildman–Crippen LogP) is 7.30. The molecule has 0 spiro atoms. The Morgan fingerprint density at radius 3 is 1.83 bits per heavy atom. The number of fused-ring (bicyclic) bond motifs is 3. The number of aromatic nitrogens is 2. The third kappa shape index (κ3) is 4.53. The zero-order valence-electron chi connectivity index (χ0n) is 26.8. The Hall–Kier alpha value is -3.60. The molecular weight excluding hydrogens is 516 g/mol. The van der Waals surface area contributed by atoms with Crippen LogP contribution in [-0.2, 0) is 29.3 Å². The fourth-order valence-electron chi connectivity index (χ4n) is 6.19. The van der Waals surface area contributed by atoms with Gasteiger partial charge in [-0.3, -0.25) is 0 Å². The first-order chi connectivity index (χ1) is 19.6. The van der Waals surface area contributed by atoms with Crippen molar-refractivity contribution < 1.29 is 18.9 Å². The van der Waals surface area contributed by atoms with Crippen LogP contribution in [0.3, 0.4) is 0 Å². The second kappa shape index (κ2) is 9.45. The highest BCUT2D eigenvalue weighted by Crippen LogP contribution is 2.56. The molecule has 0 amide bonds. The van der Waals surface area contributed by atoms with Crippen molar-refractivity contribution in [1.29, 1.82) is 0 Å². The van der Waals surface area contributed by atoms with Crippen molar-refractivity contribution in [2.45, 2.75) is 72.0 Å². The number of nitrogens with zero attached hydrogens (tertiary/aromatic N) is 2. The average molecular weight is 561 g/mol. The molecule has 0 fully saturated rings. The lowest BCUT2D eigenvalue weighted by Crippen LogP contribution is -2.55. The average Bonchev–Trinajstić information content (AvgIpc) is 2.91. The van der Waals surface area contributed by atoms with Crippen molar-refractivity contribution in [1.82, 2.24) is 0 Å². The van der Waals surface area contributed by atoms with Crippen molar-refractivity contribution in [2.24, 2.45) is 19.5 Å².